The molecule has 0 aliphatic rings. The summed E-state index contributed by atoms with van der Waals surface area (Å²) in [7, 11) is 0.528. The van der Waals surface area contributed by atoms with E-state index < -0.39 is 0 Å². The van der Waals surface area contributed by atoms with Gasteiger partial charge in [-0.2, -0.15) is 0 Å². The molecule has 2 heteroatoms. The second-order valence-electron chi connectivity index (χ2n) is 2.63. The molecule has 0 N–H and O–H groups in total. The lowest BCUT2D eigenvalue weighted by molar-refractivity contribution is 0.598. The number of hydrogen-bond donors (Lipinski definition) is 0. The van der Waals surface area contributed by atoms with Crippen molar-refractivity contribution in [3.8, 4) is 5.75 Å². The summed E-state index contributed by atoms with van der Waals surface area (Å²) in [4.78, 5) is 0. The first-order valence-corrected chi connectivity index (χ1v) is 5.05. The Balaban J connectivity index is 2.89. The lowest BCUT2D eigenvalue weighted by Gasteiger charge is -2.04. The molecule has 58 valence electrons. The quantitative estimate of drug-likeness (QED) is 0.610. The Morgan fingerprint density at radius 1 is 1.09 bits per heavy atom. The molecule has 0 aliphatic carbocycles. The van der Waals surface area contributed by atoms with Gasteiger partial charge in [-0.1, -0.05) is 6.07 Å². The van der Waals surface area contributed by atoms with E-state index in [1.807, 2.05) is 6.55 Å². The molecule has 0 spiro atoms. The van der Waals surface area contributed by atoms with Crippen molar-refractivity contribution in [2.24, 2.45) is 0 Å². The van der Waals surface area contributed by atoms with Gasteiger partial charge in [0, 0.05) is 0 Å². The van der Waals surface area contributed by atoms with E-state index in [0.29, 0.717) is 9.76 Å². The highest BCUT2D eigenvalue weighted by molar-refractivity contribution is 6.26. The molecule has 0 aliphatic heterocycles. The van der Waals surface area contributed by atoms with Gasteiger partial charge in [0.15, 0.2) is 0 Å². The van der Waals surface area contributed by atoms with E-state index in [2.05, 4.69) is 32.0 Å². The predicted molar refractivity (Wildman–Crippen MR) is 48.2 cm³/mol. The van der Waals surface area contributed by atoms with Gasteiger partial charge in [-0.15, -0.1) is 0 Å². The minimum Gasteiger partial charge on any atom is -0.541 e. The van der Waals surface area contributed by atoms with Crippen LogP contribution in [0.15, 0.2) is 18.2 Å². The van der Waals surface area contributed by atoms with Gasteiger partial charge in [-0.05, 0) is 43.7 Å². The zero-order chi connectivity index (χ0) is 8.27. The maximum Gasteiger partial charge on any atom is 0.307 e. The highest BCUT2D eigenvalue weighted by atomic mass is 28.2. The van der Waals surface area contributed by atoms with Crippen LogP contribution in [0, 0.1) is 13.8 Å². The first-order valence-electron chi connectivity index (χ1n) is 3.64. The molecule has 1 nitrogen and oxygen atoms in total. The first-order chi connectivity index (χ1) is 5.22. The predicted octanol–water partition coefficient (Wildman–Crippen LogP) is 2.35. The first kappa shape index (κ1) is 8.33. The van der Waals surface area contributed by atoms with Gasteiger partial charge in [0.1, 0.15) is 5.75 Å². The molecule has 0 saturated heterocycles. The standard InChI is InChI=1S/C9H12OSi/c1-7-4-8(2)6-9(5-7)10-11-3/h4-6H,1-3H3. The van der Waals surface area contributed by atoms with Crippen molar-refractivity contribution in [2.75, 3.05) is 0 Å². The van der Waals surface area contributed by atoms with Crippen molar-refractivity contribution in [2.45, 2.75) is 20.4 Å². The molecule has 2 radical (unpaired) electrons. The van der Waals surface area contributed by atoms with Crippen molar-refractivity contribution in [1.82, 2.24) is 0 Å². The Morgan fingerprint density at radius 3 is 2.09 bits per heavy atom. The zero-order valence-electron chi connectivity index (χ0n) is 7.14. The zero-order valence-corrected chi connectivity index (χ0v) is 8.14. The average molecular weight is 164 g/mol. The lowest BCUT2D eigenvalue weighted by Crippen LogP contribution is -1.95. The van der Waals surface area contributed by atoms with E-state index in [4.69, 9.17) is 4.43 Å². The minimum absolute atomic E-state index is 0.528. The Morgan fingerprint density at radius 2 is 1.64 bits per heavy atom. The highest BCUT2D eigenvalue weighted by Crippen LogP contribution is 2.15. The van der Waals surface area contributed by atoms with E-state index >= 15 is 0 Å². The molecule has 0 unspecified atom stereocenters. The third-order valence-corrected chi connectivity index (χ3v) is 1.85. The van der Waals surface area contributed by atoms with Crippen LogP contribution >= 0.6 is 0 Å². The van der Waals surface area contributed by atoms with Gasteiger partial charge in [-0.3, -0.25) is 0 Å². The van der Waals surface area contributed by atoms with Crippen LogP contribution in [-0.2, 0) is 0 Å². The van der Waals surface area contributed by atoms with Gasteiger partial charge < -0.3 is 4.43 Å². The van der Waals surface area contributed by atoms with Gasteiger partial charge in [0.05, 0.1) is 0 Å². The Hall–Kier alpha value is -0.763. The van der Waals surface area contributed by atoms with E-state index in [1.54, 1.807) is 0 Å². The molecule has 0 saturated carbocycles. The van der Waals surface area contributed by atoms with Crippen LogP contribution in [-0.4, -0.2) is 9.76 Å². The van der Waals surface area contributed by atoms with Crippen molar-refractivity contribution in [3.63, 3.8) is 0 Å². The molecule has 0 fully saturated rings. The van der Waals surface area contributed by atoms with Crippen LogP contribution in [0.3, 0.4) is 0 Å². The van der Waals surface area contributed by atoms with E-state index in [-0.39, 0.29) is 0 Å². The summed E-state index contributed by atoms with van der Waals surface area (Å²) < 4.78 is 5.40. The van der Waals surface area contributed by atoms with Crippen molar-refractivity contribution in [3.05, 3.63) is 29.3 Å². The van der Waals surface area contributed by atoms with Crippen LogP contribution < -0.4 is 4.43 Å². The largest absolute Gasteiger partial charge is 0.541 e. The van der Waals surface area contributed by atoms with Crippen LogP contribution in [0.1, 0.15) is 11.1 Å². The number of aryl methyl sites for hydroxylation is 2. The maximum atomic E-state index is 5.40. The third kappa shape index (κ3) is 2.39. The minimum atomic E-state index is 0.528. The molecule has 0 amide bonds. The van der Waals surface area contributed by atoms with Crippen LogP contribution in [0.2, 0.25) is 6.55 Å². The molecule has 0 aromatic heterocycles. The summed E-state index contributed by atoms with van der Waals surface area (Å²) >= 11 is 0. The van der Waals surface area contributed by atoms with Crippen molar-refractivity contribution >= 4 is 9.76 Å². The molecule has 0 atom stereocenters. The van der Waals surface area contributed by atoms with Crippen LogP contribution in [0.25, 0.3) is 0 Å². The second-order valence-corrected chi connectivity index (χ2v) is 3.24. The van der Waals surface area contributed by atoms with Crippen LogP contribution in [0.5, 0.6) is 5.75 Å². The molecule has 11 heavy (non-hydrogen) atoms. The summed E-state index contributed by atoms with van der Waals surface area (Å²) in [5.74, 6) is 0.989. The monoisotopic (exact) mass is 164 g/mol. The fourth-order valence-electron chi connectivity index (χ4n) is 1.11. The summed E-state index contributed by atoms with van der Waals surface area (Å²) in [6.07, 6.45) is 0. The molecular formula is C9H12OSi. The third-order valence-electron chi connectivity index (χ3n) is 1.42. The Bertz CT molecular complexity index is 225. The van der Waals surface area contributed by atoms with Gasteiger partial charge in [-0.25, -0.2) is 0 Å². The van der Waals surface area contributed by atoms with Gasteiger partial charge >= 0.3 is 9.76 Å². The van der Waals surface area contributed by atoms with Crippen LogP contribution in [0.4, 0.5) is 0 Å². The molecule has 1 rings (SSSR count). The molecule has 1 aromatic carbocycles. The van der Waals surface area contributed by atoms with E-state index in [1.165, 1.54) is 11.1 Å². The molecular weight excluding hydrogens is 152 g/mol. The van der Waals surface area contributed by atoms with Gasteiger partial charge in [0.2, 0.25) is 0 Å². The lowest BCUT2D eigenvalue weighted by atomic mass is 10.1. The fraction of sp³-hybridized carbons (Fsp3) is 0.333. The molecule has 1 aromatic rings. The highest BCUT2D eigenvalue weighted by Gasteiger charge is 1.94. The summed E-state index contributed by atoms with van der Waals surface area (Å²) in [5.41, 5.74) is 2.52. The van der Waals surface area contributed by atoms with E-state index in [9.17, 15) is 0 Å². The summed E-state index contributed by atoms with van der Waals surface area (Å²) in [6.45, 7) is 6.19. The van der Waals surface area contributed by atoms with Crippen molar-refractivity contribution < 1.29 is 4.43 Å². The van der Waals surface area contributed by atoms with E-state index in [0.717, 1.165) is 5.75 Å². The average Bonchev–Trinajstić information content (AvgIpc) is 1.85. The fourth-order valence-corrected chi connectivity index (χ4v) is 1.46. The number of rotatable bonds is 2. The van der Waals surface area contributed by atoms with Gasteiger partial charge in [0.25, 0.3) is 0 Å². The summed E-state index contributed by atoms with van der Waals surface area (Å²) in [6, 6.07) is 6.26. The molecule has 0 heterocycles. The SMILES string of the molecule is C[Si]Oc1cc(C)cc(C)c1. The number of benzene rings is 1. The smallest absolute Gasteiger partial charge is 0.307 e. The number of hydrogen-bond acceptors (Lipinski definition) is 1. The molecule has 0 bridgehead atoms. The topological polar surface area (TPSA) is 9.23 Å². The Labute approximate surface area is 70.3 Å². The maximum absolute atomic E-state index is 5.40. The Kier molecular flexibility index (Phi) is 2.71. The summed E-state index contributed by atoms with van der Waals surface area (Å²) in [5, 5.41) is 0. The van der Waals surface area contributed by atoms with Crippen molar-refractivity contribution in [1.29, 1.82) is 0 Å². The second kappa shape index (κ2) is 3.58. The normalized spacial score (nSPS) is 9.73.